The molecule has 1 aromatic carbocycles. The van der Waals surface area contributed by atoms with Gasteiger partial charge in [-0.3, -0.25) is 19.2 Å². The predicted octanol–water partition coefficient (Wildman–Crippen LogP) is 1.62. The second kappa shape index (κ2) is 8.66. The van der Waals surface area contributed by atoms with Crippen molar-refractivity contribution in [3.63, 3.8) is 0 Å². The Bertz CT molecular complexity index is 694. The van der Waals surface area contributed by atoms with Gasteiger partial charge in [0.05, 0.1) is 11.6 Å². The zero-order valence-electron chi connectivity index (χ0n) is 14.1. The van der Waals surface area contributed by atoms with Gasteiger partial charge >= 0.3 is 5.97 Å². The van der Waals surface area contributed by atoms with Crippen LogP contribution < -0.4 is 10.6 Å². The second-order valence-corrected chi connectivity index (χ2v) is 6.51. The van der Waals surface area contributed by atoms with Gasteiger partial charge in [-0.1, -0.05) is 0 Å². The molecule has 1 aliphatic rings. The average Bonchev–Trinajstić information content (AvgIpc) is 2.59. The first-order valence-corrected chi connectivity index (χ1v) is 9.05. The van der Waals surface area contributed by atoms with Crippen molar-refractivity contribution in [2.24, 2.45) is 5.92 Å². The van der Waals surface area contributed by atoms with Gasteiger partial charge in [0.1, 0.15) is 0 Å². The number of Topliss-reactive ketones (excluding diaryl/α,β-unsaturated/α-hetero) is 1. The van der Waals surface area contributed by atoms with Crippen molar-refractivity contribution in [1.82, 2.24) is 5.32 Å². The summed E-state index contributed by atoms with van der Waals surface area (Å²) < 4.78 is 5.08. The molecule has 1 atom stereocenters. The molecule has 0 aliphatic carbocycles. The number of nitrogens with one attached hydrogen (secondary N) is 2. The molecule has 25 heavy (non-hydrogen) atoms. The molecule has 0 spiro atoms. The molecule has 0 unspecified atom stereocenters. The topological polar surface area (TPSA) is 102 Å². The highest BCUT2D eigenvalue weighted by molar-refractivity contribution is 7.98. The normalized spacial score (nSPS) is 16.7. The zero-order chi connectivity index (χ0) is 18.4. The summed E-state index contributed by atoms with van der Waals surface area (Å²) in [6.07, 6.45) is 2.56. The third kappa shape index (κ3) is 5.32. The lowest BCUT2D eigenvalue weighted by molar-refractivity contribution is -0.148. The van der Waals surface area contributed by atoms with E-state index >= 15 is 0 Å². The van der Waals surface area contributed by atoms with Crippen LogP contribution >= 0.6 is 11.8 Å². The van der Waals surface area contributed by atoms with Crippen LogP contribution in [0.15, 0.2) is 23.1 Å². The summed E-state index contributed by atoms with van der Waals surface area (Å²) >= 11 is 1.40. The summed E-state index contributed by atoms with van der Waals surface area (Å²) in [7, 11) is 0. The number of hydrogen-bond acceptors (Lipinski definition) is 6. The molecule has 0 aromatic heterocycles. The van der Waals surface area contributed by atoms with Gasteiger partial charge in [0, 0.05) is 30.3 Å². The Kier molecular flexibility index (Phi) is 6.58. The summed E-state index contributed by atoms with van der Waals surface area (Å²) in [5.41, 5.74) is 1.04. The largest absolute Gasteiger partial charge is 0.457 e. The minimum Gasteiger partial charge on any atom is -0.457 e. The number of thioether (sulfide) groups is 1. The Morgan fingerprint density at radius 2 is 2.12 bits per heavy atom. The number of piperidine rings is 1. The lowest BCUT2D eigenvalue weighted by Crippen LogP contribution is -2.39. The molecule has 2 amide bonds. The van der Waals surface area contributed by atoms with Gasteiger partial charge in [0.2, 0.25) is 11.8 Å². The van der Waals surface area contributed by atoms with Crippen molar-refractivity contribution in [3.8, 4) is 0 Å². The van der Waals surface area contributed by atoms with E-state index in [1.807, 2.05) is 6.26 Å². The van der Waals surface area contributed by atoms with Crippen LogP contribution in [0.5, 0.6) is 0 Å². The molecule has 134 valence electrons. The van der Waals surface area contributed by atoms with Gasteiger partial charge < -0.3 is 15.4 Å². The van der Waals surface area contributed by atoms with E-state index in [0.717, 1.165) is 4.90 Å². The maximum atomic E-state index is 12.2. The molecule has 7 nitrogen and oxygen atoms in total. The quantitative estimate of drug-likeness (QED) is 0.452. The van der Waals surface area contributed by atoms with Crippen LogP contribution in [0.25, 0.3) is 0 Å². The Hall–Kier alpha value is -2.35. The van der Waals surface area contributed by atoms with Crippen molar-refractivity contribution in [3.05, 3.63) is 23.8 Å². The summed E-state index contributed by atoms with van der Waals surface area (Å²) in [5, 5.41) is 5.30. The molecule has 1 heterocycles. The molecule has 1 aliphatic heterocycles. The molecular formula is C17H20N2O5S. The molecule has 0 saturated carbocycles. The summed E-state index contributed by atoms with van der Waals surface area (Å²) in [5.74, 6) is -1.48. The first kappa shape index (κ1) is 19.0. The number of hydrogen-bond donors (Lipinski definition) is 2. The van der Waals surface area contributed by atoms with Gasteiger partial charge in [-0.05, 0) is 30.9 Å². The number of carbonyl (C=O) groups is 4. The van der Waals surface area contributed by atoms with E-state index in [-0.39, 0.29) is 37.2 Å². The van der Waals surface area contributed by atoms with Gasteiger partial charge in [0.15, 0.2) is 12.4 Å². The Morgan fingerprint density at radius 3 is 2.72 bits per heavy atom. The van der Waals surface area contributed by atoms with E-state index in [9.17, 15) is 19.2 Å². The molecule has 0 bridgehead atoms. The Morgan fingerprint density at radius 1 is 1.36 bits per heavy atom. The van der Waals surface area contributed by atoms with E-state index in [1.54, 1.807) is 18.2 Å². The van der Waals surface area contributed by atoms with E-state index in [0.29, 0.717) is 17.7 Å². The molecular weight excluding hydrogens is 344 g/mol. The van der Waals surface area contributed by atoms with Gasteiger partial charge in [0.25, 0.3) is 0 Å². The van der Waals surface area contributed by atoms with E-state index in [4.69, 9.17) is 4.74 Å². The summed E-state index contributed by atoms with van der Waals surface area (Å²) in [6, 6.07) is 4.90. The molecule has 2 N–H and O–H groups in total. The number of ketones is 1. The van der Waals surface area contributed by atoms with E-state index in [1.165, 1.54) is 18.7 Å². The van der Waals surface area contributed by atoms with Crippen LogP contribution in [0.3, 0.4) is 0 Å². The van der Waals surface area contributed by atoms with Gasteiger partial charge in [-0.15, -0.1) is 11.8 Å². The molecule has 0 radical (unpaired) electrons. The minimum atomic E-state index is -0.478. The number of amides is 2. The standard InChI is InChI=1S/C17H20N2O5S/c1-10(20)19-13-5-3-11(7-15(13)25-2)14(21)9-24-17(23)12-4-6-16(22)18-8-12/h3,5,7,12H,4,6,8-9H2,1-2H3,(H,18,22)(H,19,20)/t12-/m0/s1. The average molecular weight is 364 g/mol. The SMILES string of the molecule is CSc1cc(C(=O)COC(=O)[C@H]2CCC(=O)NC2)ccc1NC(C)=O. The van der Waals surface area contributed by atoms with Crippen LogP contribution in [-0.2, 0) is 19.1 Å². The third-order valence-corrected chi connectivity index (χ3v) is 4.56. The molecule has 1 fully saturated rings. The summed E-state index contributed by atoms with van der Waals surface area (Å²) in [4.78, 5) is 47.2. The maximum absolute atomic E-state index is 12.2. The first-order valence-electron chi connectivity index (χ1n) is 7.83. The van der Waals surface area contributed by atoms with Crippen LogP contribution in [-0.4, -0.2) is 43.0 Å². The van der Waals surface area contributed by atoms with Crippen LogP contribution in [0.2, 0.25) is 0 Å². The molecule has 8 heteroatoms. The molecule has 2 rings (SSSR count). The third-order valence-electron chi connectivity index (χ3n) is 3.78. The predicted molar refractivity (Wildman–Crippen MR) is 93.5 cm³/mol. The second-order valence-electron chi connectivity index (χ2n) is 5.67. The fourth-order valence-electron chi connectivity index (χ4n) is 2.43. The van der Waals surface area contributed by atoms with Crippen LogP contribution in [0, 0.1) is 5.92 Å². The summed E-state index contributed by atoms with van der Waals surface area (Å²) in [6.45, 7) is 1.31. The highest BCUT2D eigenvalue weighted by Gasteiger charge is 2.26. The molecule has 1 aromatic rings. The van der Waals surface area contributed by atoms with Crippen molar-refractivity contribution in [2.45, 2.75) is 24.7 Å². The van der Waals surface area contributed by atoms with Crippen LogP contribution in [0.4, 0.5) is 5.69 Å². The number of esters is 1. The minimum absolute atomic E-state index is 0.0796. The van der Waals surface area contributed by atoms with Gasteiger partial charge in [-0.25, -0.2) is 0 Å². The lowest BCUT2D eigenvalue weighted by Gasteiger charge is -2.20. The lowest BCUT2D eigenvalue weighted by atomic mass is 9.99. The molecule has 1 saturated heterocycles. The van der Waals surface area contributed by atoms with Crippen molar-refractivity contribution < 1.29 is 23.9 Å². The Labute approximate surface area is 149 Å². The monoisotopic (exact) mass is 364 g/mol. The van der Waals surface area contributed by atoms with Crippen molar-refractivity contribution in [2.75, 3.05) is 24.7 Å². The maximum Gasteiger partial charge on any atom is 0.311 e. The first-order chi connectivity index (χ1) is 11.9. The fraction of sp³-hybridized carbons (Fsp3) is 0.412. The highest BCUT2D eigenvalue weighted by atomic mass is 32.2. The van der Waals surface area contributed by atoms with Crippen LogP contribution in [0.1, 0.15) is 30.1 Å². The van der Waals surface area contributed by atoms with Crippen molar-refractivity contribution >= 4 is 41.0 Å². The zero-order valence-corrected chi connectivity index (χ0v) is 14.9. The Balaban J connectivity index is 1.95. The number of rotatable bonds is 6. The number of carbonyl (C=O) groups excluding carboxylic acids is 4. The fourth-order valence-corrected chi connectivity index (χ4v) is 3.01. The highest BCUT2D eigenvalue weighted by Crippen LogP contribution is 2.27. The smallest absolute Gasteiger partial charge is 0.311 e. The van der Waals surface area contributed by atoms with E-state index in [2.05, 4.69) is 10.6 Å². The number of benzene rings is 1. The van der Waals surface area contributed by atoms with Crippen molar-refractivity contribution in [1.29, 1.82) is 0 Å². The number of anilines is 1. The van der Waals surface area contributed by atoms with Gasteiger partial charge in [-0.2, -0.15) is 0 Å². The number of ether oxygens (including phenoxy) is 1. The van der Waals surface area contributed by atoms with E-state index < -0.39 is 11.9 Å².